The minimum absolute atomic E-state index is 0.259. The number of halogens is 1. The van der Waals surface area contributed by atoms with Crippen LogP contribution in [0.5, 0.6) is 0 Å². The molecule has 2 atom stereocenters. The van der Waals surface area contributed by atoms with E-state index in [1.165, 1.54) is 6.42 Å². The number of nitrogens with zero attached hydrogens (tertiary/aromatic N) is 1. The van der Waals surface area contributed by atoms with E-state index in [9.17, 15) is 4.79 Å². The minimum atomic E-state index is 0.259. The first-order valence-electron chi connectivity index (χ1n) is 5.38. The van der Waals surface area contributed by atoms with Crippen molar-refractivity contribution in [2.45, 2.75) is 24.1 Å². The molecule has 0 N–H and O–H groups in total. The van der Waals surface area contributed by atoms with E-state index >= 15 is 0 Å². The number of hydrogen-bond acceptors (Lipinski definition) is 3. The van der Waals surface area contributed by atoms with E-state index in [4.69, 9.17) is 0 Å². The van der Waals surface area contributed by atoms with Crippen molar-refractivity contribution in [2.24, 2.45) is 0 Å². The van der Waals surface area contributed by atoms with Gasteiger partial charge in [0, 0.05) is 23.4 Å². The highest BCUT2D eigenvalue weighted by Crippen LogP contribution is 2.30. The van der Waals surface area contributed by atoms with Crippen LogP contribution in [0, 0.1) is 0 Å². The van der Waals surface area contributed by atoms with E-state index in [0.29, 0.717) is 11.9 Å². The highest BCUT2D eigenvalue weighted by Gasteiger charge is 2.32. The number of hydrogen-bond donors (Lipinski definition) is 0. The van der Waals surface area contributed by atoms with Gasteiger partial charge in [0.05, 0.1) is 11.3 Å². The average Bonchev–Trinajstić information content (AvgIpc) is 2.81. The lowest BCUT2D eigenvalue weighted by Gasteiger charge is -2.35. The Balaban J connectivity index is 1.96. The average molecular weight is 310 g/mol. The molecule has 2 saturated heterocycles. The number of carbonyl (C=O) groups is 1. The standard InChI is InChI=1S/C10H16BrNOS2/c11-6-8-7-14-5-3-12(8)10(13)9-2-1-4-15-9/h8-9H,1-7H2. The van der Waals surface area contributed by atoms with Gasteiger partial charge in [0.15, 0.2) is 0 Å². The van der Waals surface area contributed by atoms with Crippen LogP contribution in [0.4, 0.5) is 0 Å². The Bertz CT molecular complexity index is 233. The number of amides is 1. The van der Waals surface area contributed by atoms with Crippen LogP contribution in [0.3, 0.4) is 0 Å². The lowest BCUT2D eigenvalue weighted by Crippen LogP contribution is -2.49. The summed E-state index contributed by atoms with van der Waals surface area (Å²) < 4.78 is 0. The van der Waals surface area contributed by atoms with Crippen LogP contribution in [0.1, 0.15) is 12.8 Å². The zero-order valence-electron chi connectivity index (χ0n) is 8.65. The van der Waals surface area contributed by atoms with Crippen molar-refractivity contribution < 1.29 is 4.79 Å². The maximum Gasteiger partial charge on any atom is 0.236 e. The minimum Gasteiger partial charge on any atom is -0.336 e. The van der Waals surface area contributed by atoms with Crippen LogP contribution in [0.15, 0.2) is 0 Å². The normalized spacial score (nSPS) is 31.9. The predicted molar refractivity (Wildman–Crippen MR) is 72.1 cm³/mol. The van der Waals surface area contributed by atoms with Gasteiger partial charge in [-0.05, 0) is 18.6 Å². The summed E-state index contributed by atoms with van der Waals surface area (Å²) in [5.74, 6) is 3.75. The molecule has 0 spiro atoms. The second kappa shape index (κ2) is 5.82. The first kappa shape index (κ1) is 12.1. The van der Waals surface area contributed by atoms with Gasteiger partial charge in [-0.3, -0.25) is 4.79 Å². The van der Waals surface area contributed by atoms with Gasteiger partial charge in [-0.25, -0.2) is 0 Å². The molecule has 0 aliphatic carbocycles. The number of rotatable bonds is 2. The Morgan fingerprint density at radius 3 is 3.00 bits per heavy atom. The quantitative estimate of drug-likeness (QED) is 0.730. The Kier molecular flexibility index (Phi) is 4.70. The Hall–Kier alpha value is 0.650. The molecule has 86 valence electrons. The van der Waals surface area contributed by atoms with Crippen molar-refractivity contribution in [3.05, 3.63) is 0 Å². The van der Waals surface area contributed by atoms with Gasteiger partial charge in [-0.1, -0.05) is 15.9 Å². The largest absolute Gasteiger partial charge is 0.336 e. The van der Waals surface area contributed by atoms with Crippen LogP contribution in [-0.4, -0.2) is 51.2 Å². The van der Waals surface area contributed by atoms with Gasteiger partial charge >= 0.3 is 0 Å². The fourth-order valence-electron chi connectivity index (χ4n) is 2.03. The van der Waals surface area contributed by atoms with E-state index < -0.39 is 0 Å². The predicted octanol–water partition coefficient (Wildman–Crippen LogP) is 2.22. The summed E-state index contributed by atoms with van der Waals surface area (Å²) in [5, 5.41) is 1.18. The molecule has 2 heterocycles. The molecular formula is C10H16BrNOS2. The molecule has 2 fully saturated rings. The zero-order chi connectivity index (χ0) is 10.7. The van der Waals surface area contributed by atoms with E-state index in [1.54, 1.807) is 0 Å². The molecule has 0 radical (unpaired) electrons. The first-order valence-corrected chi connectivity index (χ1v) is 8.71. The summed E-state index contributed by atoms with van der Waals surface area (Å²) in [6, 6.07) is 0.414. The van der Waals surface area contributed by atoms with E-state index in [1.807, 2.05) is 23.5 Å². The molecule has 2 aliphatic rings. The summed E-state index contributed by atoms with van der Waals surface area (Å²) in [5.41, 5.74) is 0. The molecule has 2 nitrogen and oxygen atoms in total. The van der Waals surface area contributed by atoms with Crippen LogP contribution in [0.25, 0.3) is 0 Å². The highest BCUT2D eigenvalue weighted by molar-refractivity contribution is 9.09. The molecule has 2 aliphatic heterocycles. The number of thioether (sulfide) groups is 2. The third-order valence-corrected chi connectivity index (χ3v) is 6.10. The molecule has 0 aromatic rings. The van der Waals surface area contributed by atoms with Crippen molar-refractivity contribution in [2.75, 3.05) is 29.1 Å². The van der Waals surface area contributed by atoms with Crippen molar-refractivity contribution >= 4 is 45.4 Å². The third-order valence-electron chi connectivity index (χ3n) is 2.89. The van der Waals surface area contributed by atoms with E-state index in [0.717, 1.165) is 35.6 Å². The second-order valence-electron chi connectivity index (χ2n) is 3.92. The third kappa shape index (κ3) is 2.86. The molecule has 1 amide bonds. The van der Waals surface area contributed by atoms with Gasteiger partial charge in [0.25, 0.3) is 0 Å². The summed E-state index contributed by atoms with van der Waals surface area (Å²) in [4.78, 5) is 14.4. The van der Waals surface area contributed by atoms with Gasteiger partial charge in [0.2, 0.25) is 5.91 Å². The number of alkyl halides is 1. The Labute approximate surface area is 108 Å². The van der Waals surface area contributed by atoms with Gasteiger partial charge in [-0.2, -0.15) is 11.8 Å². The van der Waals surface area contributed by atoms with E-state index in [2.05, 4.69) is 20.8 Å². The van der Waals surface area contributed by atoms with Crippen LogP contribution in [0.2, 0.25) is 0 Å². The monoisotopic (exact) mass is 309 g/mol. The maximum absolute atomic E-state index is 12.2. The molecular weight excluding hydrogens is 294 g/mol. The van der Waals surface area contributed by atoms with Gasteiger partial charge in [-0.15, -0.1) is 11.8 Å². The summed E-state index contributed by atoms with van der Waals surface area (Å²) in [6.45, 7) is 0.941. The molecule has 0 aromatic carbocycles. The smallest absolute Gasteiger partial charge is 0.236 e. The molecule has 0 saturated carbocycles. The first-order chi connectivity index (χ1) is 7.33. The van der Waals surface area contributed by atoms with Crippen LogP contribution in [-0.2, 0) is 4.79 Å². The molecule has 5 heteroatoms. The van der Waals surface area contributed by atoms with Crippen molar-refractivity contribution in [3.8, 4) is 0 Å². The Morgan fingerprint density at radius 2 is 2.33 bits per heavy atom. The highest BCUT2D eigenvalue weighted by atomic mass is 79.9. The van der Waals surface area contributed by atoms with Gasteiger partial charge < -0.3 is 4.90 Å². The van der Waals surface area contributed by atoms with Gasteiger partial charge in [0.1, 0.15) is 0 Å². The fraction of sp³-hybridized carbons (Fsp3) is 0.900. The van der Waals surface area contributed by atoms with Crippen LogP contribution < -0.4 is 0 Å². The van der Waals surface area contributed by atoms with E-state index in [-0.39, 0.29) is 5.25 Å². The molecule has 0 aromatic heterocycles. The zero-order valence-corrected chi connectivity index (χ0v) is 11.9. The number of carbonyl (C=O) groups excluding carboxylic acids is 1. The van der Waals surface area contributed by atoms with Crippen molar-refractivity contribution in [3.63, 3.8) is 0 Å². The maximum atomic E-state index is 12.2. The molecule has 2 unspecified atom stereocenters. The summed E-state index contributed by atoms with van der Waals surface area (Å²) in [6.07, 6.45) is 2.30. The Morgan fingerprint density at radius 1 is 1.47 bits per heavy atom. The fourth-order valence-corrected chi connectivity index (χ4v) is 5.20. The molecule has 2 rings (SSSR count). The lowest BCUT2D eigenvalue weighted by atomic mass is 10.2. The second-order valence-corrected chi connectivity index (χ2v) is 7.02. The van der Waals surface area contributed by atoms with Crippen molar-refractivity contribution in [1.29, 1.82) is 0 Å². The topological polar surface area (TPSA) is 20.3 Å². The summed E-state index contributed by atoms with van der Waals surface area (Å²) >= 11 is 7.32. The van der Waals surface area contributed by atoms with Crippen LogP contribution >= 0.6 is 39.5 Å². The SMILES string of the molecule is O=C(C1CCCS1)N1CCSCC1CBr. The molecule has 15 heavy (non-hydrogen) atoms. The summed E-state index contributed by atoms with van der Waals surface area (Å²) in [7, 11) is 0. The van der Waals surface area contributed by atoms with Crippen molar-refractivity contribution in [1.82, 2.24) is 4.90 Å². The lowest BCUT2D eigenvalue weighted by molar-refractivity contribution is -0.131. The molecule has 0 bridgehead atoms.